The number of benzene rings is 1. The molecule has 0 atom stereocenters. The van der Waals surface area contributed by atoms with E-state index in [0.717, 1.165) is 0 Å². The van der Waals surface area contributed by atoms with Crippen LogP contribution in [0.2, 0.25) is 0 Å². The predicted octanol–water partition coefficient (Wildman–Crippen LogP) is 1.68. The lowest BCUT2D eigenvalue weighted by Gasteiger charge is -2.13. The van der Waals surface area contributed by atoms with Crippen molar-refractivity contribution in [3.05, 3.63) is 41.7 Å². The Labute approximate surface area is 117 Å². The highest BCUT2D eigenvalue weighted by atomic mass is 19.4. The van der Waals surface area contributed by atoms with Crippen LogP contribution in [0.3, 0.4) is 0 Å². The third kappa shape index (κ3) is 4.48. The number of para-hydroxylation sites is 1. The molecule has 2 N–H and O–H groups in total. The third-order valence-electron chi connectivity index (χ3n) is 2.53. The second kappa shape index (κ2) is 6.25. The molecule has 2 aromatic rings. The number of aromatic amines is 1. The molecule has 0 saturated carbocycles. The number of ether oxygens (including phenoxy) is 1. The molecule has 1 heterocycles. The summed E-state index contributed by atoms with van der Waals surface area (Å²) in [5, 5.41) is 11.9. The Hall–Kier alpha value is -2.58. The number of halogens is 3. The first-order chi connectivity index (χ1) is 9.96. The Morgan fingerprint density at radius 1 is 1.33 bits per heavy atom. The Morgan fingerprint density at radius 3 is 2.76 bits per heavy atom. The minimum Gasteiger partial charge on any atom is -0.406 e. The van der Waals surface area contributed by atoms with Crippen molar-refractivity contribution in [2.45, 2.75) is 12.8 Å². The van der Waals surface area contributed by atoms with Crippen LogP contribution in [-0.4, -0.2) is 34.2 Å². The second-order valence-corrected chi connectivity index (χ2v) is 4.02. The number of carbonyl (C=O) groups is 1. The van der Waals surface area contributed by atoms with Gasteiger partial charge in [0.05, 0.1) is 6.20 Å². The van der Waals surface area contributed by atoms with Gasteiger partial charge in [-0.1, -0.05) is 18.2 Å². The number of aromatic nitrogens is 3. The topological polar surface area (TPSA) is 79.9 Å². The molecule has 112 valence electrons. The molecule has 0 saturated heterocycles. The van der Waals surface area contributed by atoms with Crippen LogP contribution in [0.5, 0.6) is 5.75 Å². The van der Waals surface area contributed by atoms with Crippen molar-refractivity contribution in [1.82, 2.24) is 20.7 Å². The minimum atomic E-state index is -4.75. The van der Waals surface area contributed by atoms with Gasteiger partial charge >= 0.3 is 6.36 Å². The van der Waals surface area contributed by atoms with E-state index in [9.17, 15) is 18.0 Å². The average molecular weight is 300 g/mol. The van der Waals surface area contributed by atoms with Crippen molar-refractivity contribution >= 4 is 5.91 Å². The third-order valence-corrected chi connectivity index (χ3v) is 2.53. The molecule has 0 spiro atoms. The summed E-state index contributed by atoms with van der Waals surface area (Å²) in [6.45, 7) is 0.143. The molecule has 9 heteroatoms. The highest BCUT2D eigenvalue weighted by molar-refractivity contribution is 5.91. The number of alkyl halides is 3. The highest BCUT2D eigenvalue weighted by Crippen LogP contribution is 2.26. The van der Waals surface area contributed by atoms with Crippen molar-refractivity contribution in [2.75, 3.05) is 6.54 Å². The van der Waals surface area contributed by atoms with Gasteiger partial charge in [0.25, 0.3) is 5.91 Å². The molecule has 2 rings (SSSR count). The van der Waals surface area contributed by atoms with Crippen molar-refractivity contribution in [3.8, 4) is 5.75 Å². The number of nitrogens with zero attached hydrogens (tertiary/aromatic N) is 2. The summed E-state index contributed by atoms with van der Waals surface area (Å²) in [6, 6.07) is 5.77. The quantitative estimate of drug-likeness (QED) is 0.880. The largest absolute Gasteiger partial charge is 0.573 e. The van der Waals surface area contributed by atoms with Gasteiger partial charge in [-0.15, -0.1) is 13.2 Å². The lowest BCUT2D eigenvalue weighted by atomic mass is 10.1. The maximum absolute atomic E-state index is 12.2. The fraction of sp³-hybridized carbons (Fsp3) is 0.250. The molecule has 0 aliphatic carbocycles. The van der Waals surface area contributed by atoms with E-state index >= 15 is 0 Å². The number of amides is 1. The van der Waals surface area contributed by atoms with Gasteiger partial charge in [0, 0.05) is 6.54 Å². The van der Waals surface area contributed by atoms with Crippen molar-refractivity contribution in [3.63, 3.8) is 0 Å². The fourth-order valence-corrected chi connectivity index (χ4v) is 1.65. The number of nitrogens with one attached hydrogen (secondary N) is 2. The highest BCUT2D eigenvalue weighted by Gasteiger charge is 2.31. The molecule has 0 fully saturated rings. The summed E-state index contributed by atoms with van der Waals surface area (Å²) in [5.41, 5.74) is 0.449. The van der Waals surface area contributed by atoms with Crippen LogP contribution in [0.25, 0.3) is 0 Å². The zero-order valence-corrected chi connectivity index (χ0v) is 10.6. The van der Waals surface area contributed by atoms with Crippen LogP contribution >= 0.6 is 0 Å². The summed E-state index contributed by atoms with van der Waals surface area (Å²) in [7, 11) is 0. The number of rotatable bonds is 5. The summed E-state index contributed by atoms with van der Waals surface area (Å²) in [4.78, 5) is 11.6. The summed E-state index contributed by atoms with van der Waals surface area (Å²) in [5.74, 6) is -0.737. The van der Waals surface area contributed by atoms with Crippen molar-refractivity contribution in [1.29, 1.82) is 0 Å². The number of hydrogen-bond donors (Lipinski definition) is 2. The number of H-pyrrole nitrogens is 1. The first kappa shape index (κ1) is 14.8. The first-order valence-electron chi connectivity index (χ1n) is 5.93. The van der Waals surface area contributed by atoms with Crippen LogP contribution in [0.4, 0.5) is 13.2 Å². The van der Waals surface area contributed by atoms with Gasteiger partial charge in [-0.3, -0.25) is 4.79 Å². The Balaban J connectivity index is 1.93. The van der Waals surface area contributed by atoms with Crippen molar-refractivity contribution in [2.24, 2.45) is 0 Å². The molecular weight excluding hydrogens is 289 g/mol. The van der Waals surface area contributed by atoms with E-state index in [1.165, 1.54) is 24.4 Å². The zero-order chi connectivity index (χ0) is 15.3. The maximum atomic E-state index is 12.2. The van der Waals surface area contributed by atoms with E-state index in [1.807, 2.05) is 0 Å². The first-order valence-corrected chi connectivity index (χ1v) is 5.93. The fourth-order valence-electron chi connectivity index (χ4n) is 1.65. The summed E-state index contributed by atoms with van der Waals surface area (Å²) in [6.07, 6.45) is -3.31. The lowest BCUT2D eigenvalue weighted by Crippen LogP contribution is -2.26. The monoisotopic (exact) mass is 300 g/mol. The molecule has 0 radical (unpaired) electrons. The minimum absolute atomic E-state index is 0.106. The van der Waals surface area contributed by atoms with Crippen LogP contribution in [-0.2, 0) is 6.42 Å². The van der Waals surface area contributed by atoms with E-state index in [1.54, 1.807) is 6.07 Å². The van der Waals surface area contributed by atoms with Crippen LogP contribution in [0, 0.1) is 0 Å². The van der Waals surface area contributed by atoms with Gasteiger partial charge in [-0.05, 0) is 18.1 Å². The standard InChI is InChI=1S/C12H11F3N4O2/c13-12(14,15)21-10-4-2-1-3-8(10)5-6-16-11(20)9-7-17-19-18-9/h1-4,7H,5-6H2,(H,16,20)(H,17,18,19). The predicted molar refractivity (Wildman–Crippen MR) is 65.5 cm³/mol. The van der Waals surface area contributed by atoms with Gasteiger partial charge in [0.2, 0.25) is 0 Å². The average Bonchev–Trinajstić information content (AvgIpc) is 2.93. The SMILES string of the molecule is O=C(NCCc1ccccc1OC(F)(F)F)c1cn[nH]n1. The number of hydrogen-bond acceptors (Lipinski definition) is 4. The van der Waals surface area contributed by atoms with Crippen LogP contribution in [0.1, 0.15) is 16.1 Å². The molecule has 0 aliphatic rings. The Bertz CT molecular complexity index is 599. The Kier molecular flexibility index (Phi) is 4.41. The molecule has 1 aromatic carbocycles. The zero-order valence-electron chi connectivity index (χ0n) is 10.6. The lowest BCUT2D eigenvalue weighted by molar-refractivity contribution is -0.274. The molecule has 0 aliphatic heterocycles. The molecule has 1 amide bonds. The summed E-state index contributed by atoms with van der Waals surface area (Å²) >= 11 is 0. The second-order valence-electron chi connectivity index (χ2n) is 4.02. The van der Waals surface area contributed by atoms with Crippen LogP contribution in [0.15, 0.2) is 30.5 Å². The van der Waals surface area contributed by atoms with Crippen LogP contribution < -0.4 is 10.1 Å². The van der Waals surface area contributed by atoms with E-state index in [2.05, 4.69) is 25.5 Å². The molecular formula is C12H11F3N4O2. The number of carbonyl (C=O) groups excluding carboxylic acids is 1. The van der Waals surface area contributed by atoms with Gasteiger partial charge in [0.1, 0.15) is 5.75 Å². The van der Waals surface area contributed by atoms with E-state index in [4.69, 9.17) is 0 Å². The van der Waals surface area contributed by atoms with E-state index in [-0.39, 0.29) is 24.4 Å². The molecule has 0 bridgehead atoms. The normalized spacial score (nSPS) is 11.2. The van der Waals surface area contributed by atoms with Gasteiger partial charge in [-0.25, -0.2) is 0 Å². The maximum Gasteiger partial charge on any atom is 0.573 e. The molecule has 6 nitrogen and oxygen atoms in total. The van der Waals surface area contributed by atoms with E-state index in [0.29, 0.717) is 5.56 Å². The molecule has 1 aromatic heterocycles. The van der Waals surface area contributed by atoms with Gasteiger partial charge in [-0.2, -0.15) is 15.4 Å². The molecule has 0 unspecified atom stereocenters. The summed E-state index contributed by atoms with van der Waals surface area (Å²) < 4.78 is 40.7. The molecule has 21 heavy (non-hydrogen) atoms. The van der Waals surface area contributed by atoms with Crippen molar-refractivity contribution < 1.29 is 22.7 Å². The smallest absolute Gasteiger partial charge is 0.406 e. The van der Waals surface area contributed by atoms with E-state index < -0.39 is 12.3 Å². The Morgan fingerprint density at radius 2 is 2.10 bits per heavy atom. The van der Waals surface area contributed by atoms with Gasteiger partial charge in [0.15, 0.2) is 5.69 Å². The van der Waals surface area contributed by atoms with Gasteiger partial charge < -0.3 is 10.1 Å².